The summed E-state index contributed by atoms with van der Waals surface area (Å²) in [4.78, 5) is 12.5. The highest BCUT2D eigenvalue weighted by Crippen LogP contribution is 2.28. The zero-order valence-corrected chi connectivity index (χ0v) is 12.3. The van der Waals surface area contributed by atoms with E-state index < -0.39 is 17.5 Å². The van der Waals surface area contributed by atoms with E-state index in [1.807, 2.05) is 25.1 Å². The van der Waals surface area contributed by atoms with E-state index in [9.17, 15) is 14.4 Å². The van der Waals surface area contributed by atoms with Gasteiger partial charge >= 0.3 is 0 Å². The van der Waals surface area contributed by atoms with E-state index in [1.165, 1.54) is 12.1 Å². The summed E-state index contributed by atoms with van der Waals surface area (Å²) >= 11 is 3.17. The molecule has 100 valence electrons. The van der Waals surface area contributed by atoms with Crippen molar-refractivity contribution in [3.05, 3.63) is 69.4 Å². The average Bonchev–Trinajstić information content (AvgIpc) is 2.41. The van der Waals surface area contributed by atoms with Gasteiger partial charge in [-0.25, -0.2) is 4.39 Å². The number of ketones is 1. The molecule has 0 amide bonds. The van der Waals surface area contributed by atoms with E-state index in [0.29, 0.717) is 10.0 Å². The second-order valence-corrected chi connectivity index (χ2v) is 5.23. The van der Waals surface area contributed by atoms with Gasteiger partial charge in [-0.3, -0.25) is 4.79 Å². The Labute approximate surface area is 125 Å². The third-order valence-electron chi connectivity index (χ3n) is 3.10. The maximum absolute atomic E-state index is 13.9. The first-order valence-corrected chi connectivity index (χ1v) is 6.79. The van der Waals surface area contributed by atoms with Crippen LogP contribution in [0.3, 0.4) is 0 Å². The predicted octanol–water partition coefficient (Wildman–Crippen LogP) is 4.39. The summed E-state index contributed by atoms with van der Waals surface area (Å²) in [6, 6.07) is 13.4. The molecule has 2 aromatic rings. The Bertz CT molecular complexity index is 686. The first-order valence-electron chi connectivity index (χ1n) is 5.99. The van der Waals surface area contributed by atoms with Crippen LogP contribution in [0.1, 0.15) is 27.4 Å². The molecule has 0 bridgehead atoms. The van der Waals surface area contributed by atoms with Crippen molar-refractivity contribution in [3.63, 3.8) is 0 Å². The predicted molar refractivity (Wildman–Crippen MR) is 78.0 cm³/mol. The fourth-order valence-corrected chi connectivity index (χ4v) is 2.60. The molecule has 20 heavy (non-hydrogen) atoms. The van der Waals surface area contributed by atoms with Crippen LogP contribution >= 0.6 is 15.9 Å². The van der Waals surface area contributed by atoms with Crippen LogP contribution in [-0.2, 0) is 0 Å². The summed E-state index contributed by atoms with van der Waals surface area (Å²) in [6.07, 6.45) is 0. The Morgan fingerprint density at radius 1 is 1.25 bits per heavy atom. The third kappa shape index (κ3) is 2.63. The average molecular weight is 332 g/mol. The molecule has 0 N–H and O–H groups in total. The zero-order valence-electron chi connectivity index (χ0n) is 10.7. The van der Waals surface area contributed by atoms with Crippen molar-refractivity contribution in [2.45, 2.75) is 12.8 Å². The molecule has 1 unspecified atom stereocenters. The van der Waals surface area contributed by atoms with Crippen LogP contribution in [0, 0.1) is 24.1 Å². The lowest BCUT2D eigenvalue weighted by Crippen LogP contribution is -2.14. The first kappa shape index (κ1) is 14.4. The summed E-state index contributed by atoms with van der Waals surface area (Å²) in [6.45, 7) is 1.82. The highest BCUT2D eigenvalue weighted by molar-refractivity contribution is 9.10. The molecular formula is C16H11BrFNO. The van der Waals surface area contributed by atoms with Crippen LogP contribution in [0.25, 0.3) is 0 Å². The SMILES string of the molecule is Cc1ccccc1C(C#N)C(=O)c1c(F)cccc1Br. The highest BCUT2D eigenvalue weighted by atomic mass is 79.9. The van der Waals surface area contributed by atoms with Gasteiger partial charge in [-0.2, -0.15) is 5.26 Å². The molecule has 4 heteroatoms. The lowest BCUT2D eigenvalue weighted by Gasteiger charge is -2.13. The number of Topliss-reactive ketones (excluding diaryl/α,β-unsaturated/α-hetero) is 1. The molecule has 0 aliphatic carbocycles. The van der Waals surface area contributed by atoms with E-state index in [2.05, 4.69) is 15.9 Å². The number of nitriles is 1. The standard InChI is InChI=1S/C16H11BrFNO/c1-10-5-2-3-6-11(10)12(9-19)16(20)15-13(17)7-4-8-14(15)18/h2-8,12H,1H3. The molecular weight excluding hydrogens is 321 g/mol. The second kappa shape index (κ2) is 5.98. The van der Waals surface area contributed by atoms with E-state index in [-0.39, 0.29) is 5.56 Å². The lowest BCUT2D eigenvalue weighted by atomic mass is 9.89. The number of benzene rings is 2. The van der Waals surface area contributed by atoms with Crippen molar-refractivity contribution in [3.8, 4) is 6.07 Å². The van der Waals surface area contributed by atoms with Crippen LogP contribution in [-0.4, -0.2) is 5.78 Å². The molecule has 0 aromatic heterocycles. The Hall–Kier alpha value is -1.99. The van der Waals surface area contributed by atoms with E-state index in [4.69, 9.17) is 0 Å². The Kier molecular flexibility index (Phi) is 4.31. The summed E-state index contributed by atoms with van der Waals surface area (Å²) in [7, 11) is 0. The molecule has 0 aliphatic rings. The van der Waals surface area contributed by atoms with Crippen LogP contribution in [0.15, 0.2) is 46.9 Å². The number of carbonyl (C=O) groups is 1. The smallest absolute Gasteiger partial charge is 0.188 e. The van der Waals surface area contributed by atoms with Crippen LogP contribution in [0.2, 0.25) is 0 Å². The van der Waals surface area contributed by atoms with Crippen molar-refractivity contribution in [1.82, 2.24) is 0 Å². The molecule has 0 saturated carbocycles. The van der Waals surface area contributed by atoms with E-state index in [0.717, 1.165) is 5.56 Å². The minimum atomic E-state index is -1.01. The van der Waals surface area contributed by atoms with Gasteiger partial charge in [0.1, 0.15) is 11.7 Å². The van der Waals surface area contributed by atoms with Gasteiger partial charge in [0.25, 0.3) is 0 Å². The monoisotopic (exact) mass is 331 g/mol. The molecule has 2 nitrogen and oxygen atoms in total. The molecule has 2 aromatic carbocycles. The van der Waals surface area contributed by atoms with Crippen molar-refractivity contribution < 1.29 is 9.18 Å². The maximum atomic E-state index is 13.9. The topological polar surface area (TPSA) is 40.9 Å². The van der Waals surface area contributed by atoms with Gasteiger partial charge in [0, 0.05) is 4.47 Å². The molecule has 2 rings (SSSR count). The second-order valence-electron chi connectivity index (χ2n) is 4.38. The molecule has 0 saturated heterocycles. The van der Waals surface area contributed by atoms with Gasteiger partial charge in [0.2, 0.25) is 0 Å². The minimum absolute atomic E-state index is 0.0812. The summed E-state index contributed by atoms with van der Waals surface area (Å²) in [5.74, 6) is -2.17. The van der Waals surface area contributed by atoms with Crippen molar-refractivity contribution in [2.75, 3.05) is 0 Å². The minimum Gasteiger partial charge on any atom is -0.292 e. The number of nitrogens with zero attached hydrogens (tertiary/aromatic N) is 1. The molecule has 0 radical (unpaired) electrons. The Balaban J connectivity index is 2.52. The number of hydrogen-bond acceptors (Lipinski definition) is 2. The van der Waals surface area contributed by atoms with Gasteiger partial charge in [-0.05, 0) is 46.1 Å². The third-order valence-corrected chi connectivity index (χ3v) is 3.76. The Morgan fingerprint density at radius 2 is 1.95 bits per heavy atom. The summed E-state index contributed by atoms with van der Waals surface area (Å²) < 4.78 is 14.2. The van der Waals surface area contributed by atoms with Crippen molar-refractivity contribution in [1.29, 1.82) is 5.26 Å². The number of aryl methyl sites for hydroxylation is 1. The van der Waals surface area contributed by atoms with E-state index in [1.54, 1.807) is 18.2 Å². The summed E-state index contributed by atoms with van der Waals surface area (Å²) in [5, 5.41) is 9.31. The van der Waals surface area contributed by atoms with Crippen molar-refractivity contribution >= 4 is 21.7 Å². The van der Waals surface area contributed by atoms with Gasteiger partial charge in [0.15, 0.2) is 5.78 Å². The molecule has 1 atom stereocenters. The fraction of sp³-hybridized carbons (Fsp3) is 0.125. The van der Waals surface area contributed by atoms with Crippen LogP contribution < -0.4 is 0 Å². The van der Waals surface area contributed by atoms with Crippen molar-refractivity contribution in [2.24, 2.45) is 0 Å². The largest absolute Gasteiger partial charge is 0.292 e. The van der Waals surface area contributed by atoms with Gasteiger partial charge in [-0.1, -0.05) is 30.3 Å². The number of hydrogen-bond donors (Lipinski definition) is 0. The first-order chi connectivity index (χ1) is 9.56. The Morgan fingerprint density at radius 3 is 2.55 bits per heavy atom. The van der Waals surface area contributed by atoms with Gasteiger partial charge in [0.05, 0.1) is 11.6 Å². The maximum Gasteiger partial charge on any atom is 0.188 e. The normalized spacial score (nSPS) is 11.7. The summed E-state index contributed by atoms with van der Waals surface area (Å²) in [5.41, 5.74) is 1.36. The molecule has 0 aliphatic heterocycles. The molecule has 0 heterocycles. The fourth-order valence-electron chi connectivity index (χ4n) is 2.06. The van der Waals surface area contributed by atoms with Crippen LogP contribution in [0.5, 0.6) is 0 Å². The molecule has 0 spiro atoms. The van der Waals surface area contributed by atoms with Gasteiger partial charge < -0.3 is 0 Å². The van der Waals surface area contributed by atoms with E-state index >= 15 is 0 Å². The molecule has 0 fully saturated rings. The highest BCUT2D eigenvalue weighted by Gasteiger charge is 2.27. The number of halogens is 2. The van der Waals surface area contributed by atoms with Crippen LogP contribution in [0.4, 0.5) is 4.39 Å². The van der Waals surface area contributed by atoms with Gasteiger partial charge in [-0.15, -0.1) is 0 Å². The quantitative estimate of drug-likeness (QED) is 0.783. The number of carbonyl (C=O) groups excluding carboxylic acids is 1. The zero-order chi connectivity index (χ0) is 14.7. The number of rotatable bonds is 3. The lowest BCUT2D eigenvalue weighted by molar-refractivity contribution is 0.0974.